The molecule has 106 valence electrons. The van der Waals surface area contributed by atoms with E-state index >= 15 is 0 Å². The van der Waals surface area contributed by atoms with Crippen LogP contribution in [0.4, 0.5) is 0 Å². The van der Waals surface area contributed by atoms with Gasteiger partial charge in [0, 0.05) is 12.0 Å². The quantitative estimate of drug-likeness (QED) is 0.820. The summed E-state index contributed by atoms with van der Waals surface area (Å²) in [6.07, 6.45) is 5.18. The van der Waals surface area contributed by atoms with Crippen LogP contribution in [0.2, 0.25) is 10.0 Å². The second kappa shape index (κ2) is 6.47. The van der Waals surface area contributed by atoms with Crippen LogP contribution in [0.5, 0.6) is 0 Å². The Morgan fingerprint density at radius 1 is 1.26 bits per heavy atom. The molecule has 2 atom stereocenters. The Balaban J connectivity index is 2.37. The lowest BCUT2D eigenvalue weighted by Gasteiger charge is -2.44. The van der Waals surface area contributed by atoms with Crippen LogP contribution in [0.1, 0.15) is 45.1 Å². The van der Waals surface area contributed by atoms with E-state index in [4.69, 9.17) is 23.2 Å². The molecule has 0 amide bonds. The molecule has 0 aromatic heterocycles. The molecular formula is C16H23Cl2N. The maximum Gasteiger partial charge on any atom is 0.0595 e. The highest BCUT2D eigenvalue weighted by Crippen LogP contribution is 2.44. The first kappa shape index (κ1) is 15.2. The largest absolute Gasteiger partial charge is 0.316 e. The third kappa shape index (κ3) is 3.09. The van der Waals surface area contributed by atoms with E-state index in [1.807, 2.05) is 6.07 Å². The van der Waals surface area contributed by atoms with Crippen molar-refractivity contribution in [2.45, 2.75) is 44.9 Å². The van der Waals surface area contributed by atoms with Crippen molar-refractivity contribution in [3.05, 3.63) is 33.8 Å². The van der Waals surface area contributed by atoms with Crippen molar-refractivity contribution in [3.63, 3.8) is 0 Å². The molecule has 1 fully saturated rings. The van der Waals surface area contributed by atoms with Crippen LogP contribution in [-0.4, -0.2) is 13.1 Å². The Hall–Kier alpha value is -0.240. The predicted octanol–water partition coefficient (Wildman–Crippen LogP) is 5.05. The van der Waals surface area contributed by atoms with Crippen molar-refractivity contribution in [2.24, 2.45) is 5.92 Å². The lowest BCUT2D eigenvalue weighted by atomic mass is 9.63. The van der Waals surface area contributed by atoms with E-state index in [0.717, 1.165) is 13.1 Å². The molecule has 1 aromatic rings. The molecule has 0 radical (unpaired) electrons. The molecule has 0 bridgehead atoms. The van der Waals surface area contributed by atoms with Gasteiger partial charge in [0.2, 0.25) is 0 Å². The van der Waals surface area contributed by atoms with E-state index in [1.54, 1.807) is 0 Å². The summed E-state index contributed by atoms with van der Waals surface area (Å²) < 4.78 is 0. The van der Waals surface area contributed by atoms with Crippen LogP contribution in [-0.2, 0) is 5.41 Å². The molecule has 1 saturated carbocycles. The molecule has 0 spiro atoms. The number of hydrogen-bond donors (Lipinski definition) is 1. The van der Waals surface area contributed by atoms with Crippen molar-refractivity contribution in [2.75, 3.05) is 13.1 Å². The lowest BCUT2D eigenvalue weighted by molar-refractivity contribution is 0.194. The summed E-state index contributed by atoms with van der Waals surface area (Å²) in [7, 11) is 0. The molecule has 19 heavy (non-hydrogen) atoms. The predicted molar refractivity (Wildman–Crippen MR) is 84.3 cm³/mol. The van der Waals surface area contributed by atoms with Gasteiger partial charge in [0.1, 0.15) is 0 Å². The fraction of sp³-hybridized carbons (Fsp3) is 0.625. The number of nitrogens with one attached hydrogen (secondary N) is 1. The minimum atomic E-state index is 0.211. The molecular weight excluding hydrogens is 277 g/mol. The van der Waals surface area contributed by atoms with Crippen LogP contribution in [0.25, 0.3) is 0 Å². The van der Waals surface area contributed by atoms with Crippen molar-refractivity contribution in [3.8, 4) is 0 Å². The van der Waals surface area contributed by atoms with Crippen molar-refractivity contribution >= 4 is 23.2 Å². The fourth-order valence-electron chi connectivity index (χ4n) is 3.36. The van der Waals surface area contributed by atoms with Gasteiger partial charge in [-0.15, -0.1) is 0 Å². The number of benzene rings is 1. The molecule has 0 saturated heterocycles. The van der Waals surface area contributed by atoms with E-state index in [1.165, 1.54) is 31.2 Å². The van der Waals surface area contributed by atoms with Gasteiger partial charge >= 0.3 is 0 Å². The molecule has 1 aliphatic rings. The Morgan fingerprint density at radius 2 is 2.05 bits per heavy atom. The summed E-state index contributed by atoms with van der Waals surface area (Å²) in [6.45, 7) is 6.58. The molecule has 1 aromatic carbocycles. The van der Waals surface area contributed by atoms with Crippen LogP contribution >= 0.6 is 23.2 Å². The SMILES string of the molecule is CCNC[C@@]1(c2ccc(Cl)c(Cl)c2)CCCC[C@H]1C. The highest BCUT2D eigenvalue weighted by atomic mass is 35.5. The van der Waals surface area contributed by atoms with Gasteiger partial charge in [0.25, 0.3) is 0 Å². The van der Waals surface area contributed by atoms with Gasteiger partial charge in [-0.05, 0) is 43.0 Å². The van der Waals surface area contributed by atoms with Gasteiger partial charge in [-0.1, -0.05) is 56.0 Å². The Kier molecular flexibility index (Phi) is 5.16. The first-order chi connectivity index (χ1) is 9.10. The second-order valence-corrected chi connectivity index (χ2v) is 6.53. The number of hydrogen-bond acceptors (Lipinski definition) is 1. The van der Waals surface area contributed by atoms with Gasteiger partial charge in [-0.3, -0.25) is 0 Å². The number of likely N-dealkylation sites (N-methyl/N-ethyl adjacent to an activating group) is 1. The second-order valence-electron chi connectivity index (χ2n) is 5.71. The smallest absolute Gasteiger partial charge is 0.0595 e. The topological polar surface area (TPSA) is 12.0 Å². The van der Waals surface area contributed by atoms with E-state index in [2.05, 4.69) is 31.3 Å². The van der Waals surface area contributed by atoms with E-state index in [-0.39, 0.29) is 5.41 Å². The molecule has 0 aliphatic heterocycles. The fourth-order valence-corrected chi connectivity index (χ4v) is 3.66. The van der Waals surface area contributed by atoms with Gasteiger partial charge in [-0.2, -0.15) is 0 Å². The highest BCUT2D eigenvalue weighted by Gasteiger charge is 2.39. The summed E-state index contributed by atoms with van der Waals surface area (Å²) >= 11 is 12.3. The standard InChI is InChI=1S/C16H23Cl2N/c1-3-19-11-16(9-5-4-6-12(16)2)13-7-8-14(17)15(18)10-13/h7-8,10,12,19H,3-6,9,11H2,1-2H3/t12-,16+/m1/s1. The summed E-state index contributed by atoms with van der Waals surface area (Å²) in [5.41, 5.74) is 1.55. The molecule has 1 nitrogen and oxygen atoms in total. The van der Waals surface area contributed by atoms with Crippen LogP contribution in [0.3, 0.4) is 0 Å². The minimum absolute atomic E-state index is 0.211. The Morgan fingerprint density at radius 3 is 2.68 bits per heavy atom. The summed E-state index contributed by atoms with van der Waals surface area (Å²) in [5.74, 6) is 0.678. The third-order valence-corrected chi connectivity index (χ3v) is 5.38. The van der Waals surface area contributed by atoms with E-state index in [0.29, 0.717) is 16.0 Å². The van der Waals surface area contributed by atoms with Gasteiger partial charge in [0.15, 0.2) is 0 Å². The normalized spacial score (nSPS) is 27.5. The zero-order valence-electron chi connectivity index (χ0n) is 11.8. The average Bonchev–Trinajstić information content (AvgIpc) is 2.41. The van der Waals surface area contributed by atoms with E-state index < -0.39 is 0 Å². The zero-order chi connectivity index (χ0) is 13.9. The molecule has 2 rings (SSSR count). The van der Waals surface area contributed by atoms with Crippen molar-refractivity contribution < 1.29 is 0 Å². The molecule has 1 aliphatic carbocycles. The summed E-state index contributed by atoms with van der Waals surface area (Å²) in [4.78, 5) is 0. The summed E-state index contributed by atoms with van der Waals surface area (Å²) in [6, 6.07) is 6.17. The van der Waals surface area contributed by atoms with Crippen LogP contribution in [0, 0.1) is 5.92 Å². The Labute approximate surface area is 126 Å². The number of halogens is 2. The first-order valence-electron chi connectivity index (χ1n) is 7.26. The molecule has 0 unspecified atom stereocenters. The molecule has 3 heteroatoms. The average molecular weight is 300 g/mol. The molecule has 1 N–H and O–H groups in total. The maximum absolute atomic E-state index is 6.22. The monoisotopic (exact) mass is 299 g/mol. The maximum atomic E-state index is 6.22. The summed E-state index contributed by atoms with van der Waals surface area (Å²) in [5, 5.41) is 4.87. The van der Waals surface area contributed by atoms with Gasteiger partial charge in [0.05, 0.1) is 10.0 Å². The van der Waals surface area contributed by atoms with Crippen LogP contribution in [0.15, 0.2) is 18.2 Å². The minimum Gasteiger partial charge on any atom is -0.316 e. The number of rotatable bonds is 4. The third-order valence-electron chi connectivity index (χ3n) is 4.64. The van der Waals surface area contributed by atoms with Gasteiger partial charge < -0.3 is 5.32 Å². The highest BCUT2D eigenvalue weighted by molar-refractivity contribution is 6.42. The van der Waals surface area contributed by atoms with Crippen LogP contribution < -0.4 is 5.32 Å². The first-order valence-corrected chi connectivity index (χ1v) is 8.02. The molecule has 0 heterocycles. The van der Waals surface area contributed by atoms with E-state index in [9.17, 15) is 0 Å². The lowest BCUT2D eigenvalue weighted by Crippen LogP contribution is -2.45. The van der Waals surface area contributed by atoms with Crippen molar-refractivity contribution in [1.82, 2.24) is 5.32 Å². The van der Waals surface area contributed by atoms with Gasteiger partial charge in [-0.25, -0.2) is 0 Å². The Bertz CT molecular complexity index is 433. The van der Waals surface area contributed by atoms with Crippen molar-refractivity contribution in [1.29, 1.82) is 0 Å². The zero-order valence-corrected chi connectivity index (χ0v) is 13.3.